The second-order valence-electron chi connectivity index (χ2n) is 4.75. The molecule has 2 unspecified atom stereocenters. The molecule has 94 valence electrons. The van der Waals surface area contributed by atoms with Crippen molar-refractivity contribution in [3.8, 4) is 0 Å². The molecule has 2 rings (SSSR count). The molecule has 2 aromatic heterocycles. The van der Waals surface area contributed by atoms with Gasteiger partial charge in [0.25, 0.3) is 0 Å². The van der Waals surface area contributed by atoms with Crippen molar-refractivity contribution in [2.75, 3.05) is 0 Å². The van der Waals surface area contributed by atoms with Gasteiger partial charge in [-0.2, -0.15) is 0 Å². The summed E-state index contributed by atoms with van der Waals surface area (Å²) < 4.78 is 2.19. The highest BCUT2D eigenvalue weighted by Crippen LogP contribution is 2.17. The van der Waals surface area contributed by atoms with Gasteiger partial charge >= 0.3 is 0 Å². The summed E-state index contributed by atoms with van der Waals surface area (Å²) in [6.07, 6.45) is 3.32. The monoisotopic (exact) mass is 251 g/mol. The number of rotatable bonds is 5. The van der Waals surface area contributed by atoms with Crippen LogP contribution in [0.2, 0.25) is 0 Å². The lowest BCUT2D eigenvalue weighted by molar-refractivity contribution is 0.387. The Balaban J connectivity index is 2.08. The van der Waals surface area contributed by atoms with E-state index in [-0.39, 0.29) is 0 Å². The van der Waals surface area contributed by atoms with Crippen molar-refractivity contribution >= 4 is 16.3 Å². The van der Waals surface area contributed by atoms with Gasteiger partial charge < -0.3 is 5.32 Å². The van der Waals surface area contributed by atoms with Crippen LogP contribution < -0.4 is 5.32 Å². The minimum absolute atomic E-state index is 0.545. The molecule has 2 aromatic rings. The molecule has 2 atom stereocenters. The van der Waals surface area contributed by atoms with Crippen LogP contribution in [0.15, 0.2) is 11.6 Å². The highest BCUT2D eigenvalue weighted by Gasteiger charge is 2.13. The Morgan fingerprint density at radius 1 is 1.47 bits per heavy atom. The molecular formula is C13H21N3S. The second-order valence-corrected chi connectivity index (χ2v) is 5.63. The number of hydrogen-bond donors (Lipinski definition) is 1. The third kappa shape index (κ3) is 2.53. The number of imidazole rings is 1. The van der Waals surface area contributed by atoms with E-state index in [1.165, 1.54) is 12.1 Å². The van der Waals surface area contributed by atoms with Crippen LogP contribution in [0.4, 0.5) is 0 Å². The molecule has 0 aromatic carbocycles. The first kappa shape index (κ1) is 12.6. The average molecular weight is 251 g/mol. The molecule has 3 nitrogen and oxygen atoms in total. The van der Waals surface area contributed by atoms with E-state index in [4.69, 9.17) is 0 Å². The number of aromatic nitrogens is 2. The van der Waals surface area contributed by atoms with E-state index in [1.54, 1.807) is 11.3 Å². The largest absolute Gasteiger partial charge is 0.308 e. The van der Waals surface area contributed by atoms with Gasteiger partial charge in [0.2, 0.25) is 0 Å². The van der Waals surface area contributed by atoms with Gasteiger partial charge in [0.15, 0.2) is 4.96 Å². The number of nitrogens with one attached hydrogen (secondary N) is 1. The molecule has 0 fully saturated rings. The zero-order valence-electron chi connectivity index (χ0n) is 11.0. The van der Waals surface area contributed by atoms with Gasteiger partial charge in [0, 0.05) is 24.2 Å². The maximum atomic E-state index is 4.56. The summed E-state index contributed by atoms with van der Waals surface area (Å²) in [6, 6.07) is 0.545. The van der Waals surface area contributed by atoms with Crippen LogP contribution in [0.1, 0.15) is 38.6 Å². The molecule has 2 heterocycles. The first-order valence-electron chi connectivity index (χ1n) is 6.27. The van der Waals surface area contributed by atoms with Crippen LogP contribution in [0, 0.1) is 12.8 Å². The van der Waals surface area contributed by atoms with Crippen LogP contribution in [-0.2, 0) is 6.54 Å². The average Bonchev–Trinajstić information content (AvgIpc) is 2.86. The molecule has 0 aliphatic heterocycles. The van der Waals surface area contributed by atoms with Crippen molar-refractivity contribution in [2.24, 2.45) is 5.92 Å². The van der Waals surface area contributed by atoms with Crippen molar-refractivity contribution in [2.45, 2.75) is 46.7 Å². The van der Waals surface area contributed by atoms with Gasteiger partial charge in [-0.25, -0.2) is 4.98 Å². The van der Waals surface area contributed by atoms with Crippen LogP contribution >= 0.6 is 11.3 Å². The Bertz CT molecular complexity index is 486. The van der Waals surface area contributed by atoms with Crippen molar-refractivity contribution < 1.29 is 0 Å². The summed E-state index contributed by atoms with van der Waals surface area (Å²) in [6.45, 7) is 9.78. The highest BCUT2D eigenvalue weighted by atomic mass is 32.1. The van der Waals surface area contributed by atoms with E-state index < -0.39 is 0 Å². The first-order chi connectivity index (χ1) is 8.13. The van der Waals surface area contributed by atoms with Gasteiger partial charge in [-0.05, 0) is 19.8 Å². The summed E-state index contributed by atoms with van der Waals surface area (Å²) in [4.78, 5) is 5.65. The predicted molar refractivity (Wildman–Crippen MR) is 73.6 cm³/mol. The number of hydrogen-bond acceptors (Lipinski definition) is 3. The first-order valence-corrected chi connectivity index (χ1v) is 7.15. The number of fused-ring (bicyclic) bond motifs is 1. The molecule has 0 spiro atoms. The molecule has 0 bridgehead atoms. The van der Waals surface area contributed by atoms with Crippen molar-refractivity contribution in [3.05, 3.63) is 23.0 Å². The summed E-state index contributed by atoms with van der Waals surface area (Å²) in [7, 11) is 0. The molecule has 0 saturated carbocycles. The maximum absolute atomic E-state index is 4.56. The van der Waals surface area contributed by atoms with E-state index in [0.29, 0.717) is 12.0 Å². The molecule has 0 aliphatic carbocycles. The van der Waals surface area contributed by atoms with Crippen molar-refractivity contribution in [1.29, 1.82) is 0 Å². The Kier molecular flexibility index (Phi) is 3.84. The summed E-state index contributed by atoms with van der Waals surface area (Å²) in [5, 5.41) is 5.69. The Morgan fingerprint density at radius 3 is 2.94 bits per heavy atom. The van der Waals surface area contributed by atoms with Crippen LogP contribution in [0.3, 0.4) is 0 Å². The van der Waals surface area contributed by atoms with Gasteiger partial charge in [-0.1, -0.05) is 20.3 Å². The third-order valence-electron chi connectivity index (χ3n) is 3.65. The fourth-order valence-electron chi connectivity index (χ4n) is 1.97. The standard InChI is InChI=1S/C13H21N3S/c1-5-9(2)10(3)14-8-12-11(4)15-13-16(12)6-7-17-13/h6-7,9-10,14H,5,8H2,1-4H3. The van der Waals surface area contributed by atoms with Gasteiger partial charge in [-0.15, -0.1) is 11.3 Å². The van der Waals surface area contributed by atoms with Crippen LogP contribution in [0.25, 0.3) is 4.96 Å². The minimum atomic E-state index is 0.545. The summed E-state index contributed by atoms with van der Waals surface area (Å²) in [5.74, 6) is 0.709. The zero-order chi connectivity index (χ0) is 12.4. The topological polar surface area (TPSA) is 29.3 Å². The predicted octanol–water partition coefficient (Wildman–Crippen LogP) is 3.23. The molecule has 17 heavy (non-hydrogen) atoms. The molecule has 4 heteroatoms. The lowest BCUT2D eigenvalue weighted by atomic mass is 10.0. The second kappa shape index (κ2) is 5.19. The maximum Gasteiger partial charge on any atom is 0.194 e. The van der Waals surface area contributed by atoms with Crippen LogP contribution in [-0.4, -0.2) is 15.4 Å². The van der Waals surface area contributed by atoms with E-state index in [1.807, 2.05) is 0 Å². The Labute approximate surface area is 107 Å². The highest BCUT2D eigenvalue weighted by molar-refractivity contribution is 7.15. The lowest BCUT2D eigenvalue weighted by Crippen LogP contribution is -2.31. The van der Waals surface area contributed by atoms with E-state index >= 15 is 0 Å². The Morgan fingerprint density at radius 2 is 2.24 bits per heavy atom. The van der Waals surface area contributed by atoms with Crippen LogP contribution in [0.5, 0.6) is 0 Å². The fourth-order valence-corrected chi connectivity index (χ4v) is 2.74. The van der Waals surface area contributed by atoms with E-state index in [9.17, 15) is 0 Å². The quantitative estimate of drug-likeness (QED) is 0.884. The van der Waals surface area contributed by atoms with Gasteiger partial charge in [0.1, 0.15) is 0 Å². The molecule has 0 amide bonds. The molecular weight excluding hydrogens is 230 g/mol. The zero-order valence-corrected chi connectivity index (χ0v) is 11.8. The van der Waals surface area contributed by atoms with Crippen molar-refractivity contribution in [3.63, 3.8) is 0 Å². The normalized spacial score (nSPS) is 15.3. The molecule has 0 aliphatic rings. The fraction of sp³-hybridized carbons (Fsp3) is 0.615. The molecule has 0 radical (unpaired) electrons. The van der Waals surface area contributed by atoms with E-state index in [2.05, 4.69) is 54.0 Å². The number of thiazole rings is 1. The van der Waals surface area contributed by atoms with Crippen molar-refractivity contribution in [1.82, 2.24) is 14.7 Å². The molecule has 1 N–H and O–H groups in total. The molecule has 0 saturated heterocycles. The van der Waals surface area contributed by atoms with Gasteiger partial charge in [0.05, 0.1) is 11.4 Å². The smallest absolute Gasteiger partial charge is 0.194 e. The summed E-state index contributed by atoms with van der Waals surface area (Å²) in [5.41, 5.74) is 2.43. The Hall–Kier alpha value is -0.870. The minimum Gasteiger partial charge on any atom is -0.308 e. The lowest BCUT2D eigenvalue weighted by Gasteiger charge is -2.19. The van der Waals surface area contributed by atoms with Gasteiger partial charge in [-0.3, -0.25) is 4.40 Å². The third-order valence-corrected chi connectivity index (χ3v) is 4.41. The number of aryl methyl sites for hydroxylation is 1. The number of nitrogens with zero attached hydrogens (tertiary/aromatic N) is 2. The van der Waals surface area contributed by atoms with E-state index in [0.717, 1.165) is 17.2 Å². The SMILES string of the molecule is CCC(C)C(C)NCc1c(C)nc2sccn12. The summed E-state index contributed by atoms with van der Waals surface area (Å²) >= 11 is 1.69.